The molecule has 0 unspecified atom stereocenters. The molecule has 31 heavy (non-hydrogen) atoms. The van der Waals surface area contributed by atoms with Gasteiger partial charge in [-0.15, -0.1) is 0 Å². The molecule has 6 heteroatoms. The molecular formula is C25H28N4O2. The highest BCUT2D eigenvalue weighted by atomic mass is 16.5. The molecule has 4 rings (SSSR count). The summed E-state index contributed by atoms with van der Waals surface area (Å²) in [5.41, 5.74) is 9.37. The van der Waals surface area contributed by atoms with Crippen molar-refractivity contribution in [3.63, 3.8) is 0 Å². The molecule has 3 aromatic carbocycles. The quantitative estimate of drug-likeness (QED) is 0.445. The topological polar surface area (TPSA) is 72.1 Å². The molecule has 0 atom stereocenters. The number of nitrogens with two attached hydrogens (primary N) is 1. The zero-order valence-electron chi connectivity index (χ0n) is 17.5. The molecule has 0 bridgehead atoms. The molecular weight excluding hydrogens is 388 g/mol. The number of nitrogens with zero attached hydrogens (tertiary/aromatic N) is 2. The van der Waals surface area contributed by atoms with Crippen molar-refractivity contribution in [2.45, 2.75) is 13.1 Å². The third-order valence-corrected chi connectivity index (χ3v) is 5.02. The van der Waals surface area contributed by atoms with Crippen molar-refractivity contribution in [1.82, 2.24) is 4.90 Å². The molecule has 0 aliphatic carbocycles. The molecule has 1 fully saturated rings. The molecule has 0 radical (unpaired) electrons. The van der Waals surface area contributed by atoms with Crippen LogP contribution < -0.4 is 15.8 Å². The summed E-state index contributed by atoms with van der Waals surface area (Å²) in [6.45, 7) is 5.03. The Kier molecular flexibility index (Phi) is 7.16. The van der Waals surface area contributed by atoms with Crippen LogP contribution in [-0.2, 0) is 17.8 Å². The van der Waals surface area contributed by atoms with Crippen LogP contribution in [0, 0.1) is 0 Å². The van der Waals surface area contributed by atoms with E-state index in [1.807, 2.05) is 54.6 Å². The zero-order valence-corrected chi connectivity index (χ0v) is 17.5. The van der Waals surface area contributed by atoms with Crippen molar-refractivity contribution in [2.75, 3.05) is 31.6 Å². The summed E-state index contributed by atoms with van der Waals surface area (Å²) >= 11 is 0. The molecule has 3 N–H and O–H groups in total. The highest BCUT2D eigenvalue weighted by molar-refractivity contribution is 5.92. The largest absolute Gasteiger partial charge is 0.457 e. The van der Waals surface area contributed by atoms with E-state index < -0.39 is 0 Å². The molecule has 3 aromatic rings. The number of hydrogen-bond acceptors (Lipinski definition) is 4. The summed E-state index contributed by atoms with van der Waals surface area (Å²) < 4.78 is 11.3. The Morgan fingerprint density at radius 2 is 1.65 bits per heavy atom. The number of morpholine rings is 1. The van der Waals surface area contributed by atoms with Gasteiger partial charge in [0.25, 0.3) is 0 Å². The van der Waals surface area contributed by atoms with Gasteiger partial charge in [-0.05, 0) is 35.4 Å². The summed E-state index contributed by atoms with van der Waals surface area (Å²) in [6.07, 6.45) is 0. The maximum absolute atomic E-state index is 6.12. The van der Waals surface area contributed by atoms with E-state index in [1.54, 1.807) is 0 Å². The lowest BCUT2D eigenvalue weighted by Crippen LogP contribution is -2.35. The van der Waals surface area contributed by atoms with Gasteiger partial charge < -0.3 is 20.5 Å². The van der Waals surface area contributed by atoms with E-state index in [0.717, 1.165) is 55.6 Å². The second-order valence-corrected chi connectivity index (χ2v) is 7.48. The van der Waals surface area contributed by atoms with E-state index in [9.17, 15) is 0 Å². The van der Waals surface area contributed by atoms with Crippen LogP contribution in [0.4, 0.5) is 5.69 Å². The first-order valence-corrected chi connectivity index (χ1v) is 10.5. The van der Waals surface area contributed by atoms with Crippen molar-refractivity contribution in [2.24, 2.45) is 10.7 Å². The Labute approximate surface area is 183 Å². The molecule has 0 saturated carbocycles. The van der Waals surface area contributed by atoms with Crippen LogP contribution in [0.15, 0.2) is 83.9 Å². The van der Waals surface area contributed by atoms with Gasteiger partial charge in [0.1, 0.15) is 11.5 Å². The fourth-order valence-electron chi connectivity index (χ4n) is 3.47. The standard InChI is InChI=1S/C25H28N4O2/c26-25(28-22-8-5-11-24(17-22)31-23-9-2-1-3-10-23)27-18-20-6-4-7-21(16-20)19-29-12-14-30-15-13-29/h1-11,16-17H,12-15,18-19H2,(H3,26,27,28). The summed E-state index contributed by atoms with van der Waals surface area (Å²) in [7, 11) is 0. The first-order valence-electron chi connectivity index (χ1n) is 10.5. The van der Waals surface area contributed by atoms with Crippen molar-refractivity contribution < 1.29 is 9.47 Å². The van der Waals surface area contributed by atoms with Crippen LogP contribution in [0.3, 0.4) is 0 Å². The number of rotatable bonds is 7. The number of anilines is 1. The summed E-state index contributed by atoms with van der Waals surface area (Å²) in [4.78, 5) is 6.91. The van der Waals surface area contributed by atoms with Gasteiger partial charge in [-0.3, -0.25) is 4.90 Å². The predicted molar refractivity (Wildman–Crippen MR) is 124 cm³/mol. The van der Waals surface area contributed by atoms with Gasteiger partial charge in [0.15, 0.2) is 5.96 Å². The van der Waals surface area contributed by atoms with Gasteiger partial charge in [0, 0.05) is 31.4 Å². The van der Waals surface area contributed by atoms with Gasteiger partial charge in [-0.1, -0.05) is 48.5 Å². The fraction of sp³-hybridized carbons (Fsp3) is 0.240. The third kappa shape index (κ3) is 6.57. The van der Waals surface area contributed by atoms with Gasteiger partial charge in [0.05, 0.1) is 19.8 Å². The minimum absolute atomic E-state index is 0.371. The molecule has 1 heterocycles. The van der Waals surface area contributed by atoms with Crippen molar-refractivity contribution in [3.8, 4) is 11.5 Å². The first-order chi connectivity index (χ1) is 15.2. The molecule has 6 nitrogen and oxygen atoms in total. The minimum Gasteiger partial charge on any atom is -0.457 e. The summed E-state index contributed by atoms with van der Waals surface area (Å²) in [5, 5.41) is 3.14. The van der Waals surface area contributed by atoms with E-state index in [1.165, 1.54) is 5.56 Å². The van der Waals surface area contributed by atoms with Gasteiger partial charge in [-0.25, -0.2) is 4.99 Å². The van der Waals surface area contributed by atoms with Crippen LogP contribution in [0.5, 0.6) is 11.5 Å². The number of nitrogens with one attached hydrogen (secondary N) is 1. The predicted octanol–water partition coefficient (Wildman–Crippen LogP) is 4.24. The number of hydrogen-bond donors (Lipinski definition) is 2. The number of para-hydroxylation sites is 1. The molecule has 1 aliphatic rings. The van der Waals surface area contributed by atoms with Crippen LogP contribution in [0.2, 0.25) is 0 Å². The van der Waals surface area contributed by atoms with Gasteiger partial charge in [0.2, 0.25) is 0 Å². The highest BCUT2D eigenvalue weighted by Gasteiger charge is 2.10. The second kappa shape index (κ2) is 10.6. The third-order valence-electron chi connectivity index (χ3n) is 5.02. The Morgan fingerprint density at radius 3 is 2.48 bits per heavy atom. The van der Waals surface area contributed by atoms with E-state index in [4.69, 9.17) is 15.2 Å². The van der Waals surface area contributed by atoms with Gasteiger partial charge >= 0.3 is 0 Å². The van der Waals surface area contributed by atoms with Gasteiger partial charge in [-0.2, -0.15) is 0 Å². The molecule has 0 aromatic heterocycles. The lowest BCUT2D eigenvalue weighted by Gasteiger charge is -2.26. The van der Waals surface area contributed by atoms with Crippen molar-refractivity contribution >= 4 is 11.6 Å². The minimum atomic E-state index is 0.371. The zero-order chi connectivity index (χ0) is 21.3. The SMILES string of the molecule is NC(=NCc1cccc(CN2CCOCC2)c1)Nc1cccc(Oc2ccccc2)c1. The van der Waals surface area contributed by atoms with E-state index >= 15 is 0 Å². The maximum atomic E-state index is 6.12. The average molecular weight is 417 g/mol. The maximum Gasteiger partial charge on any atom is 0.193 e. The Bertz CT molecular complexity index is 1000. The molecule has 0 spiro atoms. The summed E-state index contributed by atoms with van der Waals surface area (Å²) in [5.74, 6) is 1.90. The Balaban J connectivity index is 1.33. The molecule has 0 amide bonds. The van der Waals surface area contributed by atoms with Crippen LogP contribution in [0.1, 0.15) is 11.1 Å². The lowest BCUT2D eigenvalue weighted by molar-refractivity contribution is 0.0342. The smallest absolute Gasteiger partial charge is 0.193 e. The molecule has 1 saturated heterocycles. The fourth-order valence-corrected chi connectivity index (χ4v) is 3.47. The first kappa shape index (κ1) is 20.9. The van der Waals surface area contributed by atoms with Crippen molar-refractivity contribution in [3.05, 3.63) is 90.0 Å². The number of guanidine groups is 1. The summed E-state index contributed by atoms with van der Waals surface area (Å²) in [6, 6.07) is 25.9. The number of benzene rings is 3. The van der Waals surface area contributed by atoms with Crippen LogP contribution in [-0.4, -0.2) is 37.2 Å². The number of aliphatic imine (C=N–C) groups is 1. The second-order valence-electron chi connectivity index (χ2n) is 7.48. The van der Waals surface area contributed by atoms with Crippen molar-refractivity contribution in [1.29, 1.82) is 0 Å². The number of ether oxygens (including phenoxy) is 2. The normalized spacial score (nSPS) is 14.9. The van der Waals surface area contributed by atoms with E-state index in [2.05, 4.69) is 39.5 Å². The Hall–Kier alpha value is -3.35. The van der Waals surface area contributed by atoms with E-state index in [0.29, 0.717) is 12.5 Å². The molecule has 160 valence electrons. The lowest BCUT2D eigenvalue weighted by atomic mass is 10.1. The molecule has 1 aliphatic heterocycles. The van der Waals surface area contributed by atoms with Crippen LogP contribution in [0.25, 0.3) is 0 Å². The van der Waals surface area contributed by atoms with E-state index in [-0.39, 0.29) is 0 Å². The average Bonchev–Trinajstić information content (AvgIpc) is 2.80. The van der Waals surface area contributed by atoms with Crippen LogP contribution >= 0.6 is 0 Å². The Morgan fingerprint density at radius 1 is 0.903 bits per heavy atom. The highest BCUT2D eigenvalue weighted by Crippen LogP contribution is 2.23. The monoisotopic (exact) mass is 416 g/mol.